The number of carbonyl (C=O) groups excluding carboxylic acids is 1. The Morgan fingerprint density at radius 2 is 2.26 bits per heavy atom. The van der Waals surface area contributed by atoms with Crippen LogP contribution in [0.4, 0.5) is 11.6 Å². The first-order chi connectivity index (χ1) is 11.1. The van der Waals surface area contributed by atoms with E-state index >= 15 is 0 Å². The lowest BCUT2D eigenvalue weighted by molar-refractivity contribution is -0.119. The molecule has 1 saturated heterocycles. The molecule has 23 heavy (non-hydrogen) atoms. The predicted molar refractivity (Wildman–Crippen MR) is 89.2 cm³/mol. The molecule has 120 valence electrons. The molecular formula is C17H21N5O. The standard InChI is InChI=1S/C17H21N5O/c1-12-5-3-9-19-17(12)21-16-8-2-6-13(20-16)14-7-4-10-22(14)11-15(18)23/h2-3,5-6,8-9,14H,4,7,10-11H2,1H3,(H2,18,23)(H,19,20,21)/t14-/m0/s1. The zero-order valence-corrected chi connectivity index (χ0v) is 13.2. The Hall–Kier alpha value is -2.47. The van der Waals surface area contributed by atoms with Crippen molar-refractivity contribution in [1.29, 1.82) is 0 Å². The number of pyridine rings is 2. The minimum absolute atomic E-state index is 0.147. The fraction of sp³-hybridized carbons (Fsp3) is 0.353. The zero-order chi connectivity index (χ0) is 16.2. The molecule has 6 nitrogen and oxygen atoms in total. The monoisotopic (exact) mass is 311 g/mol. The maximum absolute atomic E-state index is 11.2. The summed E-state index contributed by atoms with van der Waals surface area (Å²) in [6, 6.07) is 9.96. The smallest absolute Gasteiger partial charge is 0.231 e. The molecule has 0 aromatic carbocycles. The van der Waals surface area contributed by atoms with E-state index in [1.165, 1.54) is 0 Å². The summed E-state index contributed by atoms with van der Waals surface area (Å²) >= 11 is 0. The fourth-order valence-electron chi connectivity index (χ4n) is 3.00. The number of aromatic nitrogens is 2. The average Bonchev–Trinajstić information content (AvgIpc) is 2.97. The summed E-state index contributed by atoms with van der Waals surface area (Å²) < 4.78 is 0. The van der Waals surface area contributed by atoms with E-state index in [0.717, 1.165) is 42.3 Å². The molecule has 6 heteroatoms. The van der Waals surface area contributed by atoms with Crippen molar-refractivity contribution < 1.29 is 4.79 Å². The van der Waals surface area contributed by atoms with Gasteiger partial charge in [0.2, 0.25) is 5.91 Å². The Bertz CT molecular complexity index is 703. The number of rotatable bonds is 5. The molecule has 2 aromatic rings. The molecule has 3 N–H and O–H groups in total. The van der Waals surface area contributed by atoms with Crippen molar-refractivity contribution in [2.45, 2.75) is 25.8 Å². The van der Waals surface area contributed by atoms with E-state index in [1.807, 2.05) is 37.3 Å². The number of hydrogen-bond donors (Lipinski definition) is 2. The number of likely N-dealkylation sites (tertiary alicyclic amines) is 1. The molecule has 0 radical (unpaired) electrons. The topological polar surface area (TPSA) is 84.1 Å². The normalized spacial score (nSPS) is 18.0. The van der Waals surface area contributed by atoms with Crippen LogP contribution in [-0.4, -0.2) is 33.9 Å². The van der Waals surface area contributed by atoms with Gasteiger partial charge in [-0.2, -0.15) is 0 Å². The number of nitrogens with one attached hydrogen (secondary N) is 1. The second-order valence-corrected chi connectivity index (χ2v) is 5.84. The third-order valence-corrected chi connectivity index (χ3v) is 4.09. The van der Waals surface area contributed by atoms with Crippen LogP contribution in [0, 0.1) is 6.92 Å². The predicted octanol–water partition coefficient (Wildman–Crippen LogP) is 2.15. The molecule has 1 aliphatic rings. The molecule has 0 spiro atoms. The summed E-state index contributed by atoms with van der Waals surface area (Å²) in [6.45, 7) is 3.17. The van der Waals surface area contributed by atoms with Gasteiger partial charge in [0.25, 0.3) is 0 Å². The number of amides is 1. The SMILES string of the molecule is Cc1cccnc1Nc1cccc([C@@H]2CCCN2CC(N)=O)n1. The molecule has 0 bridgehead atoms. The molecule has 2 aromatic heterocycles. The van der Waals surface area contributed by atoms with E-state index in [0.29, 0.717) is 0 Å². The van der Waals surface area contributed by atoms with Gasteiger partial charge in [-0.05, 0) is 50.1 Å². The van der Waals surface area contributed by atoms with Gasteiger partial charge in [0, 0.05) is 6.20 Å². The quantitative estimate of drug-likeness (QED) is 0.884. The van der Waals surface area contributed by atoms with Crippen molar-refractivity contribution in [3.63, 3.8) is 0 Å². The van der Waals surface area contributed by atoms with Crippen LogP contribution in [-0.2, 0) is 4.79 Å². The van der Waals surface area contributed by atoms with Gasteiger partial charge in [-0.3, -0.25) is 9.69 Å². The molecule has 1 fully saturated rings. The highest BCUT2D eigenvalue weighted by molar-refractivity contribution is 5.76. The Morgan fingerprint density at radius 3 is 3.04 bits per heavy atom. The lowest BCUT2D eigenvalue weighted by Crippen LogP contribution is -2.33. The highest BCUT2D eigenvalue weighted by atomic mass is 16.1. The van der Waals surface area contributed by atoms with Gasteiger partial charge in [0.05, 0.1) is 18.3 Å². The molecule has 3 rings (SSSR count). The van der Waals surface area contributed by atoms with Crippen LogP contribution in [0.1, 0.15) is 30.1 Å². The number of nitrogens with two attached hydrogens (primary N) is 1. The minimum Gasteiger partial charge on any atom is -0.369 e. The van der Waals surface area contributed by atoms with E-state index in [4.69, 9.17) is 10.7 Å². The van der Waals surface area contributed by atoms with Crippen LogP contribution in [0.3, 0.4) is 0 Å². The van der Waals surface area contributed by atoms with Gasteiger partial charge in [-0.25, -0.2) is 9.97 Å². The zero-order valence-electron chi connectivity index (χ0n) is 13.2. The first-order valence-corrected chi connectivity index (χ1v) is 7.81. The van der Waals surface area contributed by atoms with E-state index in [2.05, 4.69) is 15.2 Å². The van der Waals surface area contributed by atoms with E-state index in [-0.39, 0.29) is 18.5 Å². The lowest BCUT2D eigenvalue weighted by atomic mass is 10.1. The van der Waals surface area contributed by atoms with Crippen molar-refractivity contribution in [3.05, 3.63) is 47.8 Å². The molecule has 1 atom stereocenters. The van der Waals surface area contributed by atoms with Crippen LogP contribution in [0.15, 0.2) is 36.5 Å². The summed E-state index contributed by atoms with van der Waals surface area (Å²) in [5, 5.41) is 3.26. The number of aryl methyl sites for hydroxylation is 1. The van der Waals surface area contributed by atoms with E-state index in [1.54, 1.807) is 6.20 Å². The van der Waals surface area contributed by atoms with Gasteiger partial charge >= 0.3 is 0 Å². The number of anilines is 2. The highest BCUT2D eigenvalue weighted by Crippen LogP contribution is 2.31. The van der Waals surface area contributed by atoms with Crippen molar-refractivity contribution in [1.82, 2.24) is 14.9 Å². The van der Waals surface area contributed by atoms with Gasteiger partial charge in [-0.1, -0.05) is 12.1 Å². The number of carbonyl (C=O) groups is 1. The Kier molecular flexibility index (Phi) is 4.52. The Balaban J connectivity index is 1.80. The van der Waals surface area contributed by atoms with Crippen molar-refractivity contribution in [2.75, 3.05) is 18.4 Å². The largest absolute Gasteiger partial charge is 0.369 e. The van der Waals surface area contributed by atoms with Gasteiger partial charge in [0.1, 0.15) is 11.6 Å². The fourth-order valence-corrected chi connectivity index (χ4v) is 3.00. The first-order valence-electron chi connectivity index (χ1n) is 7.81. The summed E-state index contributed by atoms with van der Waals surface area (Å²) in [5.74, 6) is 1.27. The number of hydrogen-bond acceptors (Lipinski definition) is 5. The van der Waals surface area contributed by atoms with Crippen LogP contribution in [0.25, 0.3) is 0 Å². The second-order valence-electron chi connectivity index (χ2n) is 5.84. The molecule has 1 amide bonds. The maximum Gasteiger partial charge on any atom is 0.231 e. The third kappa shape index (κ3) is 3.65. The molecule has 0 aliphatic carbocycles. The van der Waals surface area contributed by atoms with Crippen LogP contribution in [0.5, 0.6) is 0 Å². The average molecular weight is 311 g/mol. The summed E-state index contributed by atoms with van der Waals surface area (Å²) in [5.41, 5.74) is 7.37. The molecular weight excluding hydrogens is 290 g/mol. The highest BCUT2D eigenvalue weighted by Gasteiger charge is 2.28. The minimum atomic E-state index is -0.296. The van der Waals surface area contributed by atoms with E-state index in [9.17, 15) is 4.79 Å². The molecule has 0 unspecified atom stereocenters. The summed E-state index contributed by atoms with van der Waals surface area (Å²) in [6.07, 6.45) is 3.80. The molecule has 1 aliphatic heterocycles. The van der Waals surface area contributed by atoms with Crippen LogP contribution >= 0.6 is 0 Å². The summed E-state index contributed by atoms with van der Waals surface area (Å²) in [7, 11) is 0. The molecule has 3 heterocycles. The number of nitrogens with zero attached hydrogens (tertiary/aromatic N) is 3. The Labute approximate surface area is 135 Å². The van der Waals surface area contributed by atoms with Crippen molar-refractivity contribution >= 4 is 17.5 Å². The maximum atomic E-state index is 11.2. The first kappa shape index (κ1) is 15.4. The molecule has 0 saturated carbocycles. The van der Waals surface area contributed by atoms with Gasteiger partial charge in [-0.15, -0.1) is 0 Å². The third-order valence-electron chi connectivity index (χ3n) is 4.09. The van der Waals surface area contributed by atoms with E-state index < -0.39 is 0 Å². The van der Waals surface area contributed by atoms with Gasteiger partial charge < -0.3 is 11.1 Å². The number of primary amides is 1. The summed E-state index contributed by atoms with van der Waals surface area (Å²) in [4.78, 5) is 22.4. The Morgan fingerprint density at radius 1 is 1.39 bits per heavy atom. The van der Waals surface area contributed by atoms with Crippen molar-refractivity contribution in [3.8, 4) is 0 Å². The second kappa shape index (κ2) is 6.75. The van der Waals surface area contributed by atoms with Gasteiger partial charge in [0.15, 0.2) is 0 Å². The van der Waals surface area contributed by atoms with Crippen molar-refractivity contribution in [2.24, 2.45) is 5.73 Å². The van der Waals surface area contributed by atoms with Crippen LogP contribution in [0.2, 0.25) is 0 Å². The lowest BCUT2D eigenvalue weighted by Gasteiger charge is -2.22. The van der Waals surface area contributed by atoms with Crippen LogP contribution < -0.4 is 11.1 Å².